The molecule has 2 aromatic carbocycles. The third-order valence-corrected chi connectivity index (χ3v) is 5.20. The summed E-state index contributed by atoms with van der Waals surface area (Å²) >= 11 is 11.8. The van der Waals surface area contributed by atoms with Crippen molar-refractivity contribution >= 4 is 44.8 Å². The third-order valence-electron chi connectivity index (χ3n) is 3.36. The van der Waals surface area contributed by atoms with Crippen molar-refractivity contribution in [2.75, 3.05) is 4.72 Å². The summed E-state index contributed by atoms with van der Waals surface area (Å²) in [4.78, 5) is 11.9. The zero-order valence-electron chi connectivity index (χ0n) is 15.0. The average Bonchev–Trinajstić information content (AvgIpc) is 2.53. The van der Waals surface area contributed by atoms with Gasteiger partial charge in [-0.05, 0) is 63.2 Å². The van der Waals surface area contributed by atoms with Crippen LogP contribution in [0.3, 0.4) is 0 Å². The fourth-order valence-corrected chi connectivity index (χ4v) is 3.75. The Labute approximate surface area is 168 Å². The molecule has 2 aromatic rings. The number of hydrogen-bond donors (Lipinski definition) is 2. The molecule has 1 atom stereocenters. The first-order valence-corrected chi connectivity index (χ1v) is 10.4. The van der Waals surface area contributed by atoms with Crippen molar-refractivity contribution in [3.8, 4) is 5.75 Å². The molecule has 0 aliphatic rings. The summed E-state index contributed by atoms with van der Waals surface area (Å²) < 4.78 is 32.9. The van der Waals surface area contributed by atoms with E-state index in [1.165, 1.54) is 42.5 Å². The van der Waals surface area contributed by atoms with E-state index in [0.717, 1.165) is 0 Å². The Morgan fingerprint density at radius 1 is 1.00 bits per heavy atom. The lowest BCUT2D eigenvalue weighted by atomic mass is 10.3. The van der Waals surface area contributed by atoms with Gasteiger partial charge in [0.1, 0.15) is 5.75 Å². The van der Waals surface area contributed by atoms with E-state index in [4.69, 9.17) is 27.9 Å². The van der Waals surface area contributed by atoms with E-state index >= 15 is 0 Å². The van der Waals surface area contributed by atoms with Crippen LogP contribution in [0.2, 0.25) is 10.0 Å². The summed E-state index contributed by atoms with van der Waals surface area (Å²) in [7, 11) is -3.83. The Hall–Kier alpha value is -1.96. The SMILES string of the molecule is CC(C)NC(=O)[C@@H](C)Oc1ccc(S(=O)(=O)Nc2cc(Cl)cc(Cl)c2)cc1. The predicted molar refractivity (Wildman–Crippen MR) is 107 cm³/mol. The summed E-state index contributed by atoms with van der Waals surface area (Å²) in [6.07, 6.45) is -0.707. The zero-order chi connectivity index (χ0) is 20.2. The molecule has 0 saturated carbocycles. The second-order valence-electron chi connectivity index (χ2n) is 6.16. The van der Waals surface area contributed by atoms with Crippen LogP contribution in [-0.4, -0.2) is 26.5 Å². The van der Waals surface area contributed by atoms with Crippen LogP contribution in [0.4, 0.5) is 5.69 Å². The maximum atomic E-state index is 12.5. The van der Waals surface area contributed by atoms with Crippen molar-refractivity contribution in [1.82, 2.24) is 5.32 Å². The molecule has 0 fully saturated rings. The first-order chi connectivity index (χ1) is 12.6. The van der Waals surface area contributed by atoms with E-state index in [1.54, 1.807) is 6.92 Å². The molecule has 1 amide bonds. The number of nitrogens with one attached hydrogen (secondary N) is 2. The molecule has 0 heterocycles. The Bertz CT molecular complexity index is 895. The number of amides is 1. The van der Waals surface area contributed by atoms with E-state index in [2.05, 4.69) is 10.0 Å². The van der Waals surface area contributed by atoms with Crippen molar-refractivity contribution in [3.63, 3.8) is 0 Å². The minimum Gasteiger partial charge on any atom is -0.481 e. The van der Waals surface area contributed by atoms with Crippen LogP contribution in [0.15, 0.2) is 47.4 Å². The van der Waals surface area contributed by atoms with Crippen LogP contribution in [0.5, 0.6) is 5.75 Å². The number of benzene rings is 2. The Kier molecular flexibility index (Phi) is 6.97. The molecule has 6 nitrogen and oxygen atoms in total. The van der Waals surface area contributed by atoms with Gasteiger partial charge in [-0.1, -0.05) is 23.2 Å². The van der Waals surface area contributed by atoms with Crippen molar-refractivity contribution in [1.29, 1.82) is 0 Å². The highest BCUT2D eigenvalue weighted by atomic mass is 35.5. The molecule has 0 aliphatic carbocycles. The number of hydrogen-bond acceptors (Lipinski definition) is 4. The molecule has 0 unspecified atom stereocenters. The molecule has 0 spiro atoms. The molecular weight excluding hydrogens is 411 g/mol. The second kappa shape index (κ2) is 8.82. The molecule has 9 heteroatoms. The van der Waals surface area contributed by atoms with Crippen molar-refractivity contribution in [3.05, 3.63) is 52.5 Å². The number of rotatable bonds is 7. The van der Waals surface area contributed by atoms with Crippen LogP contribution >= 0.6 is 23.2 Å². The lowest BCUT2D eigenvalue weighted by molar-refractivity contribution is -0.127. The Morgan fingerprint density at radius 3 is 2.07 bits per heavy atom. The van der Waals surface area contributed by atoms with Gasteiger partial charge in [-0.25, -0.2) is 8.42 Å². The Morgan fingerprint density at radius 2 is 1.56 bits per heavy atom. The molecule has 27 heavy (non-hydrogen) atoms. The number of sulfonamides is 1. The fourth-order valence-electron chi connectivity index (χ4n) is 2.18. The molecule has 2 N–H and O–H groups in total. The summed E-state index contributed by atoms with van der Waals surface area (Å²) in [6, 6.07) is 10.2. The van der Waals surface area contributed by atoms with E-state index in [-0.39, 0.29) is 22.5 Å². The van der Waals surface area contributed by atoms with Crippen molar-refractivity contribution in [2.45, 2.75) is 37.8 Å². The van der Waals surface area contributed by atoms with Gasteiger partial charge in [-0.2, -0.15) is 0 Å². The van der Waals surface area contributed by atoms with Crippen LogP contribution < -0.4 is 14.8 Å². The van der Waals surface area contributed by atoms with E-state index < -0.39 is 16.1 Å². The average molecular weight is 431 g/mol. The molecule has 0 saturated heterocycles. The van der Waals surface area contributed by atoms with Gasteiger partial charge in [0, 0.05) is 16.1 Å². The monoisotopic (exact) mass is 430 g/mol. The van der Waals surface area contributed by atoms with Crippen LogP contribution in [-0.2, 0) is 14.8 Å². The summed E-state index contributed by atoms with van der Waals surface area (Å²) in [5.41, 5.74) is 0.256. The molecule has 2 rings (SSSR count). The van der Waals surface area contributed by atoms with E-state index in [1.807, 2.05) is 13.8 Å². The molecule has 0 aromatic heterocycles. The number of halogens is 2. The van der Waals surface area contributed by atoms with E-state index in [0.29, 0.717) is 15.8 Å². The molecule has 0 aliphatic heterocycles. The predicted octanol–water partition coefficient (Wildman–Crippen LogP) is 4.09. The summed E-state index contributed by atoms with van der Waals surface area (Å²) in [6.45, 7) is 5.32. The van der Waals surface area contributed by atoms with Gasteiger partial charge in [0.25, 0.3) is 15.9 Å². The lowest BCUT2D eigenvalue weighted by Crippen LogP contribution is -2.40. The second-order valence-corrected chi connectivity index (χ2v) is 8.71. The van der Waals surface area contributed by atoms with Gasteiger partial charge in [-0.3, -0.25) is 9.52 Å². The summed E-state index contributed by atoms with van der Waals surface area (Å²) in [5, 5.41) is 3.38. The Balaban J connectivity index is 2.10. The first-order valence-electron chi connectivity index (χ1n) is 8.13. The number of carbonyl (C=O) groups is 1. The van der Waals surface area contributed by atoms with Gasteiger partial charge in [0.15, 0.2) is 6.10 Å². The van der Waals surface area contributed by atoms with Gasteiger partial charge >= 0.3 is 0 Å². The lowest BCUT2D eigenvalue weighted by Gasteiger charge is -2.16. The fraction of sp³-hybridized carbons (Fsp3) is 0.278. The molecular formula is C18H20Cl2N2O4S. The van der Waals surface area contributed by atoms with Gasteiger partial charge in [0.2, 0.25) is 0 Å². The number of anilines is 1. The quantitative estimate of drug-likeness (QED) is 0.692. The van der Waals surface area contributed by atoms with Gasteiger partial charge in [0.05, 0.1) is 10.6 Å². The smallest absolute Gasteiger partial charge is 0.261 e. The largest absolute Gasteiger partial charge is 0.481 e. The maximum absolute atomic E-state index is 12.5. The highest BCUT2D eigenvalue weighted by molar-refractivity contribution is 7.92. The third kappa shape index (κ3) is 6.30. The van der Waals surface area contributed by atoms with Crippen LogP contribution in [0.25, 0.3) is 0 Å². The van der Waals surface area contributed by atoms with Gasteiger partial charge in [-0.15, -0.1) is 0 Å². The topological polar surface area (TPSA) is 84.5 Å². The number of ether oxygens (including phenoxy) is 1. The van der Waals surface area contributed by atoms with Crippen molar-refractivity contribution in [2.24, 2.45) is 0 Å². The highest BCUT2D eigenvalue weighted by Gasteiger charge is 2.18. The standard InChI is InChI=1S/C18H20Cl2N2O4S/c1-11(2)21-18(23)12(3)26-16-4-6-17(7-5-16)27(24,25)22-15-9-13(19)8-14(20)10-15/h4-12,22H,1-3H3,(H,21,23)/t12-/m1/s1. The van der Waals surface area contributed by atoms with Gasteiger partial charge < -0.3 is 10.1 Å². The molecule has 146 valence electrons. The van der Waals surface area contributed by atoms with E-state index in [9.17, 15) is 13.2 Å². The molecule has 0 bridgehead atoms. The first kappa shape index (κ1) is 21.3. The zero-order valence-corrected chi connectivity index (χ0v) is 17.3. The van der Waals surface area contributed by atoms with Crippen molar-refractivity contribution < 1.29 is 17.9 Å². The highest BCUT2D eigenvalue weighted by Crippen LogP contribution is 2.25. The maximum Gasteiger partial charge on any atom is 0.261 e. The number of carbonyl (C=O) groups excluding carboxylic acids is 1. The normalized spacial score (nSPS) is 12.5. The summed E-state index contributed by atoms with van der Waals surface area (Å²) in [5.74, 6) is 0.132. The minimum atomic E-state index is -3.83. The molecule has 0 radical (unpaired) electrons. The van der Waals surface area contributed by atoms with Crippen LogP contribution in [0.1, 0.15) is 20.8 Å². The van der Waals surface area contributed by atoms with Crippen LogP contribution in [0, 0.1) is 0 Å². The minimum absolute atomic E-state index is 0.00198.